The highest BCUT2D eigenvalue weighted by Gasteiger charge is 2.21. The van der Waals surface area contributed by atoms with Gasteiger partial charge >= 0.3 is 0 Å². The van der Waals surface area contributed by atoms with Crippen LogP contribution < -0.4 is 5.32 Å². The maximum atomic E-state index is 5.65. The van der Waals surface area contributed by atoms with E-state index in [1.54, 1.807) is 0 Å². The third kappa shape index (κ3) is 4.35. The lowest BCUT2D eigenvalue weighted by Gasteiger charge is -2.34. The van der Waals surface area contributed by atoms with Gasteiger partial charge in [-0.25, -0.2) is 0 Å². The van der Waals surface area contributed by atoms with Crippen molar-refractivity contribution in [2.24, 2.45) is 5.92 Å². The van der Waals surface area contributed by atoms with Gasteiger partial charge < -0.3 is 10.2 Å². The van der Waals surface area contributed by atoms with Crippen LogP contribution in [0.15, 0.2) is 54.6 Å². The van der Waals surface area contributed by atoms with Crippen molar-refractivity contribution in [3.8, 4) is 0 Å². The molecule has 1 N–H and O–H groups in total. The molecule has 3 rings (SSSR count). The summed E-state index contributed by atoms with van der Waals surface area (Å²) < 4.78 is 0. The zero-order valence-corrected chi connectivity index (χ0v) is 15.2. The van der Waals surface area contributed by atoms with Gasteiger partial charge in [0.1, 0.15) is 0 Å². The highest BCUT2D eigenvalue weighted by molar-refractivity contribution is 7.80. The number of piperidine rings is 1. The fourth-order valence-corrected chi connectivity index (χ4v) is 3.72. The third-order valence-electron chi connectivity index (χ3n) is 4.91. The van der Waals surface area contributed by atoms with Crippen LogP contribution in [-0.4, -0.2) is 23.1 Å². The molecule has 1 saturated heterocycles. The van der Waals surface area contributed by atoms with Crippen LogP contribution in [0, 0.1) is 5.92 Å². The van der Waals surface area contributed by atoms with E-state index in [2.05, 4.69) is 71.7 Å². The normalized spacial score (nSPS) is 15.3. The van der Waals surface area contributed by atoms with Gasteiger partial charge in [0.25, 0.3) is 0 Å². The van der Waals surface area contributed by atoms with E-state index in [0.717, 1.165) is 36.2 Å². The molecule has 0 radical (unpaired) electrons. The van der Waals surface area contributed by atoms with E-state index in [1.807, 2.05) is 0 Å². The van der Waals surface area contributed by atoms with Gasteiger partial charge in [0, 0.05) is 18.8 Å². The molecule has 0 spiro atoms. The SMILES string of the molecule is CCc1ccccc1NC(=S)N1CCC(Cc2ccccc2)CC1. The topological polar surface area (TPSA) is 15.3 Å². The van der Waals surface area contributed by atoms with Gasteiger partial charge in [0.05, 0.1) is 0 Å². The van der Waals surface area contributed by atoms with Crippen LogP contribution in [0.3, 0.4) is 0 Å². The largest absolute Gasteiger partial charge is 0.349 e. The van der Waals surface area contributed by atoms with Crippen LogP contribution in [0.5, 0.6) is 0 Å². The Bertz CT molecular complexity index is 661. The smallest absolute Gasteiger partial charge is 0.173 e. The second kappa shape index (κ2) is 8.29. The van der Waals surface area contributed by atoms with E-state index in [4.69, 9.17) is 12.2 Å². The highest BCUT2D eigenvalue weighted by atomic mass is 32.1. The summed E-state index contributed by atoms with van der Waals surface area (Å²) >= 11 is 5.65. The number of thiocarbonyl (C=S) groups is 1. The molecule has 0 unspecified atom stereocenters. The van der Waals surface area contributed by atoms with E-state index >= 15 is 0 Å². The lowest BCUT2D eigenvalue weighted by Crippen LogP contribution is -2.41. The molecule has 0 saturated carbocycles. The van der Waals surface area contributed by atoms with Crippen molar-refractivity contribution in [1.29, 1.82) is 0 Å². The quantitative estimate of drug-likeness (QED) is 0.798. The Morgan fingerprint density at radius 1 is 1.04 bits per heavy atom. The van der Waals surface area contributed by atoms with Gasteiger partial charge in [-0.3, -0.25) is 0 Å². The molecular formula is C21H26N2S. The molecular weight excluding hydrogens is 312 g/mol. The number of aryl methyl sites for hydroxylation is 1. The number of hydrogen-bond acceptors (Lipinski definition) is 1. The molecule has 1 aliphatic rings. The zero-order valence-electron chi connectivity index (χ0n) is 14.4. The second-order valence-electron chi connectivity index (χ2n) is 6.56. The lowest BCUT2D eigenvalue weighted by atomic mass is 9.90. The molecule has 0 atom stereocenters. The molecule has 0 amide bonds. The molecule has 2 nitrogen and oxygen atoms in total. The Balaban J connectivity index is 1.52. The van der Waals surface area contributed by atoms with E-state index in [9.17, 15) is 0 Å². The minimum Gasteiger partial charge on any atom is -0.349 e. The number of benzene rings is 2. The van der Waals surface area contributed by atoms with Crippen molar-refractivity contribution >= 4 is 23.0 Å². The first kappa shape index (κ1) is 17.0. The predicted molar refractivity (Wildman–Crippen MR) is 106 cm³/mol. The number of nitrogens with one attached hydrogen (secondary N) is 1. The molecule has 1 fully saturated rings. The summed E-state index contributed by atoms with van der Waals surface area (Å²) in [6, 6.07) is 19.3. The maximum Gasteiger partial charge on any atom is 0.173 e. The Labute approximate surface area is 150 Å². The number of rotatable bonds is 4. The summed E-state index contributed by atoms with van der Waals surface area (Å²) in [6.45, 7) is 4.29. The van der Waals surface area contributed by atoms with Crippen molar-refractivity contribution in [2.45, 2.75) is 32.6 Å². The standard InChI is InChI=1S/C21H26N2S/c1-2-19-10-6-7-11-20(19)22-21(24)23-14-12-18(13-15-23)16-17-8-4-3-5-9-17/h3-11,18H,2,12-16H2,1H3,(H,22,24). The molecule has 2 aromatic rings. The van der Waals surface area contributed by atoms with Crippen LogP contribution in [0.25, 0.3) is 0 Å². The van der Waals surface area contributed by atoms with Crippen LogP contribution >= 0.6 is 12.2 Å². The third-order valence-corrected chi connectivity index (χ3v) is 5.27. The number of para-hydroxylation sites is 1. The first-order valence-corrected chi connectivity index (χ1v) is 9.35. The summed E-state index contributed by atoms with van der Waals surface area (Å²) in [5.74, 6) is 0.773. The van der Waals surface area contributed by atoms with Crippen molar-refractivity contribution in [3.63, 3.8) is 0 Å². The molecule has 1 heterocycles. The Morgan fingerprint density at radius 2 is 1.71 bits per heavy atom. The highest BCUT2D eigenvalue weighted by Crippen LogP contribution is 2.23. The van der Waals surface area contributed by atoms with Gasteiger partial charge in [-0.05, 0) is 61.0 Å². The number of anilines is 1. The van der Waals surface area contributed by atoms with Gasteiger partial charge in [-0.1, -0.05) is 55.5 Å². The molecule has 0 bridgehead atoms. The predicted octanol–water partition coefficient (Wildman–Crippen LogP) is 4.90. The van der Waals surface area contributed by atoms with Crippen molar-refractivity contribution < 1.29 is 0 Å². The summed E-state index contributed by atoms with van der Waals surface area (Å²) in [5, 5.41) is 4.32. The number of hydrogen-bond donors (Lipinski definition) is 1. The minimum atomic E-state index is 0.773. The molecule has 0 aliphatic carbocycles. The molecule has 1 aliphatic heterocycles. The van der Waals surface area contributed by atoms with Gasteiger partial charge in [0.15, 0.2) is 5.11 Å². The first-order chi connectivity index (χ1) is 11.8. The number of nitrogens with zero attached hydrogens (tertiary/aromatic N) is 1. The van der Waals surface area contributed by atoms with Crippen LogP contribution in [0.1, 0.15) is 30.9 Å². The lowest BCUT2D eigenvalue weighted by molar-refractivity contribution is 0.268. The maximum absolute atomic E-state index is 5.65. The summed E-state index contributed by atoms with van der Waals surface area (Å²) in [7, 11) is 0. The zero-order chi connectivity index (χ0) is 16.8. The molecule has 126 valence electrons. The monoisotopic (exact) mass is 338 g/mol. The van der Waals surface area contributed by atoms with E-state index in [0.29, 0.717) is 0 Å². The van der Waals surface area contributed by atoms with Gasteiger partial charge in [-0.15, -0.1) is 0 Å². The summed E-state index contributed by atoms with van der Waals surface area (Å²) in [6.07, 6.45) is 4.64. The van der Waals surface area contributed by atoms with Crippen molar-refractivity contribution in [2.75, 3.05) is 18.4 Å². The minimum absolute atomic E-state index is 0.773. The molecule has 0 aromatic heterocycles. The fraction of sp³-hybridized carbons (Fsp3) is 0.381. The molecule has 24 heavy (non-hydrogen) atoms. The summed E-state index contributed by atoms with van der Waals surface area (Å²) in [5.41, 5.74) is 3.92. The average molecular weight is 339 g/mol. The van der Waals surface area contributed by atoms with E-state index in [1.165, 1.54) is 30.4 Å². The molecule has 3 heteroatoms. The van der Waals surface area contributed by atoms with Crippen LogP contribution in [0.2, 0.25) is 0 Å². The van der Waals surface area contributed by atoms with Crippen molar-refractivity contribution in [1.82, 2.24) is 4.90 Å². The molecule has 2 aromatic carbocycles. The fourth-order valence-electron chi connectivity index (χ4n) is 3.43. The summed E-state index contributed by atoms with van der Waals surface area (Å²) in [4.78, 5) is 2.32. The van der Waals surface area contributed by atoms with E-state index < -0.39 is 0 Å². The van der Waals surface area contributed by atoms with Crippen LogP contribution in [-0.2, 0) is 12.8 Å². The van der Waals surface area contributed by atoms with E-state index in [-0.39, 0.29) is 0 Å². The number of likely N-dealkylation sites (tertiary alicyclic amines) is 1. The average Bonchev–Trinajstić information content (AvgIpc) is 2.63. The Hall–Kier alpha value is -1.87. The first-order valence-electron chi connectivity index (χ1n) is 8.94. The van der Waals surface area contributed by atoms with Crippen molar-refractivity contribution in [3.05, 3.63) is 65.7 Å². The van der Waals surface area contributed by atoms with Gasteiger partial charge in [-0.2, -0.15) is 0 Å². The van der Waals surface area contributed by atoms with Crippen LogP contribution in [0.4, 0.5) is 5.69 Å². The van der Waals surface area contributed by atoms with Gasteiger partial charge in [0.2, 0.25) is 0 Å². The Morgan fingerprint density at radius 3 is 2.42 bits per heavy atom. The second-order valence-corrected chi connectivity index (χ2v) is 6.95. The Kier molecular flexibility index (Phi) is 5.86.